The van der Waals surface area contributed by atoms with E-state index in [1.54, 1.807) is 24.7 Å². The molecule has 0 atom stereocenters. The predicted molar refractivity (Wildman–Crippen MR) is 91.3 cm³/mol. The van der Waals surface area contributed by atoms with Crippen LogP contribution in [0.2, 0.25) is 0 Å². The van der Waals surface area contributed by atoms with E-state index in [2.05, 4.69) is 24.7 Å². The Morgan fingerprint density at radius 3 is 2.42 bits per heavy atom. The maximum absolute atomic E-state index is 13.0. The zero-order valence-corrected chi connectivity index (χ0v) is 13.7. The molecule has 0 aliphatic carbocycles. The van der Waals surface area contributed by atoms with Gasteiger partial charge in [-0.1, -0.05) is 0 Å². The topological polar surface area (TPSA) is 35.5 Å². The van der Waals surface area contributed by atoms with Gasteiger partial charge in [-0.15, -0.1) is 0 Å². The highest BCUT2D eigenvalue weighted by atomic mass is 19.1. The second-order valence-electron chi connectivity index (χ2n) is 6.55. The zero-order chi connectivity index (χ0) is 16.4. The van der Waals surface area contributed by atoms with Crippen LogP contribution in [0.3, 0.4) is 0 Å². The van der Waals surface area contributed by atoms with E-state index in [0.29, 0.717) is 6.04 Å². The largest absolute Gasteiger partial charge is 0.369 e. The van der Waals surface area contributed by atoms with Crippen LogP contribution in [-0.4, -0.2) is 65.1 Å². The van der Waals surface area contributed by atoms with E-state index < -0.39 is 0 Å². The van der Waals surface area contributed by atoms with Crippen LogP contribution in [0.4, 0.5) is 10.1 Å². The van der Waals surface area contributed by atoms with Gasteiger partial charge >= 0.3 is 0 Å². The van der Waals surface area contributed by atoms with Gasteiger partial charge in [0.05, 0.1) is 5.69 Å². The van der Waals surface area contributed by atoms with Crippen LogP contribution in [-0.2, 0) is 6.54 Å². The molecule has 2 aromatic rings. The number of hydrogen-bond donors (Lipinski definition) is 0. The van der Waals surface area contributed by atoms with Gasteiger partial charge in [-0.2, -0.15) is 0 Å². The fourth-order valence-corrected chi connectivity index (χ4v) is 3.54. The number of aromatic nitrogens is 2. The number of rotatable bonds is 4. The molecule has 4 rings (SSSR count). The third-order valence-electron chi connectivity index (χ3n) is 4.99. The van der Waals surface area contributed by atoms with Crippen molar-refractivity contribution in [3.05, 3.63) is 54.4 Å². The number of hydrogen-bond acceptors (Lipinski definition) is 5. The molecule has 126 valence electrons. The predicted octanol–water partition coefficient (Wildman–Crippen LogP) is 1.62. The fourth-order valence-electron chi connectivity index (χ4n) is 3.54. The number of halogens is 1. The lowest BCUT2D eigenvalue weighted by Crippen LogP contribution is -2.62. The molecule has 2 saturated heterocycles. The van der Waals surface area contributed by atoms with Crippen molar-refractivity contribution in [1.82, 2.24) is 19.8 Å². The van der Waals surface area contributed by atoms with E-state index in [1.165, 1.54) is 0 Å². The Morgan fingerprint density at radius 2 is 1.75 bits per heavy atom. The van der Waals surface area contributed by atoms with Crippen LogP contribution in [0.1, 0.15) is 5.69 Å². The van der Waals surface area contributed by atoms with E-state index in [9.17, 15) is 4.39 Å². The van der Waals surface area contributed by atoms with Crippen LogP contribution in [0.15, 0.2) is 42.9 Å². The normalized spacial score (nSPS) is 20.1. The lowest BCUT2D eigenvalue weighted by molar-refractivity contribution is 0.0248. The molecular weight excluding hydrogens is 305 g/mol. The quantitative estimate of drug-likeness (QED) is 0.853. The summed E-state index contributed by atoms with van der Waals surface area (Å²) in [7, 11) is 0. The third kappa shape index (κ3) is 3.39. The molecule has 2 aliphatic rings. The smallest absolute Gasteiger partial charge is 0.123 e. The van der Waals surface area contributed by atoms with Gasteiger partial charge in [-0.3, -0.25) is 9.80 Å². The van der Waals surface area contributed by atoms with Gasteiger partial charge in [0.15, 0.2) is 0 Å². The fraction of sp³-hybridized carbons (Fsp3) is 0.444. The summed E-state index contributed by atoms with van der Waals surface area (Å²) in [5, 5.41) is 0. The molecule has 2 aliphatic heterocycles. The minimum absolute atomic E-state index is 0.171. The van der Waals surface area contributed by atoms with Gasteiger partial charge in [0, 0.05) is 63.7 Å². The van der Waals surface area contributed by atoms with Crippen LogP contribution < -0.4 is 4.90 Å². The van der Waals surface area contributed by atoms with Crippen LogP contribution >= 0.6 is 0 Å². The number of nitrogens with zero attached hydrogens (tertiary/aromatic N) is 5. The second kappa shape index (κ2) is 6.83. The van der Waals surface area contributed by atoms with Crippen molar-refractivity contribution < 1.29 is 4.39 Å². The molecule has 3 heterocycles. The van der Waals surface area contributed by atoms with E-state index in [0.717, 1.165) is 57.2 Å². The molecule has 1 aromatic carbocycles. The van der Waals surface area contributed by atoms with E-state index in [1.807, 2.05) is 18.2 Å². The van der Waals surface area contributed by atoms with Crippen molar-refractivity contribution in [2.75, 3.05) is 44.2 Å². The molecule has 0 spiro atoms. The van der Waals surface area contributed by atoms with Crippen molar-refractivity contribution >= 4 is 5.69 Å². The summed E-state index contributed by atoms with van der Waals surface area (Å²) in [4.78, 5) is 15.6. The molecular formula is C18H22FN5. The van der Waals surface area contributed by atoms with Gasteiger partial charge in [0.1, 0.15) is 12.1 Å². The average Bonchev–Trinajstić information content (AvgIpc) is 2.60. The summed E-state index contributed by atoms with van der Waals surface area (Å²) < 4.78 is 13.0. The first-order chi connectivity index (χ1) is 11.8. The lowest BCUT2D eigenvalue weighted by Gasteiger charge is -2.48. The van der Waals surface area contributed by atoms with Gasteiger partial charge in [0.2, 0.25) is 0 Å². The summed E-state index contributed by atoms with van der Waals surface area (Å²) in [6.45, 7) is 7.30. The molecule has 0 saturated carbocycles. The molecule has 0 radical (unpaired) electrons. The Labute approximate surface area is 141 Å². The van der Waals surface area contributed by atoms with Gasteiger partial charge in [0.25, 0.3) is 0 Å². The first kappa shape index (κ1) is 15.5. The Balaban J connectivity index is 1.23. The van der Waals surface area contributed by atoms with E-state index in [-0.39, 0.29) is 5.82 Å². The van der Waals surface area contributed by atoms with E-state index >= 15 is 0 Å². The summed E-state index contributed by atoms with van der Waals surface area (Å²) >= 11 is 0. The first-order valence-corrected chi connectivity index (χ1v) is 8.50. The number of benzene rings is 1. The van der Waals surface area contributed by atoms with Crippen LogP contribution in [0.5, 0.6) is 0 Å². The Bertz CT molecular complexity index is 649. The monoisotopic (exact) mass is 327 g/mol. The SMILES string of the molecule is Fc1ccc(N2CCN(C3CN(Cc4ccncn4)C3)CC2)cc1. The Morgan fingerprint density at radius 1 is 1.00 bits per heavy atom. The number of likely N-dealkylation sites (tertiary alicyclic amines) is 1. The molecule has 0 N–H and O–H groups in total. The average molecular weight is 327 g/mol. The van der Waals surface area contributed by atoms with Gasteiger partial charge in [-0.25, -0.2) is 14.4 Å². The highest BCUT2D eigenvalue weighted by molar-refractivity contribution is 5.46. The number of anilines is 1. The second-order valence-corrected chi connectivity index (χ2v) is 6.55. The zero-order valence-electron chi connectivity index (χ0n) is 13.7. The lowest BCUT2D eigenvalue weighted by atomic mass is 10.1. The van der Waals surface area contributed by atoms with Crippen molar-refractivity contribution in [1.29, 1.82) is 0 Å². The highest BCUT2D eigenvalue weighted by Crippen LogP contribution is 2.21. The third-order valence-corrected chi connectivity index (χ3v) is 4.99. The molecule has 0 unspecified atom stereocenters. The van der Waals surface area contributed by atoms with Crippen molar-refractivity contribution in [3.63, 3.8) is 0 Å². The summed E-state index contributed by atoms with van der Waals surface area (Å²) in [5.74, 6) is -0.171. The van der Waals surface area contributed by atoms with Crippen LogP contribution in [0.25, 0.3) is 0 Å². The molecule has 0 amide bonds. The van der Waals surface area contributed by atoms with Gasteiger partial charge < -0.3 is 4.90 Å². The maximum atomic E-state index is 13.0. The minimum Gasteiger partial charge on any atom is -0.369 e. The summed E-state index contributed by atoms with van der Waals surface area (Å²) in [5.41, 5.74) is 2.21. The summed E-state index contributed by atoms with van der Waals surface area (Å²) in [6, 6.07) is 9.46. The maximum Gasteiger partial charge on any atom is 0.123 e. The summed E-state index contributed by atoms with van der Waals surface area (Å²) in [6.07, 6.45) is 3.41. The molecule has 24 heavy (non-hydrogen) atoms. The highest BCUT2D eigenvalue weighted by Gasteiger charge is 2.33. The molecule has 0 bridgehead atoms. The van der Waals surface area contributed by atoms with Gasteiger partial charge in [-0.05, 0) is 30.3 Å². The standard InChI is InChI=1S/C18H22FN5/c19-15-1-3-17(4-2-15)23-7-9-24(10-8-23)18-12-22(13-18)11-16-5-6-20-14-21-16/h1-6,14,18H,7-13H2. The van der Waals surface area contributed by atoms with Crippen molar-refractivity contribution in [2.45, 2.75) is 12.6 Å². The first-order valence-electron chi connectivity index (χ1n) is 8.50. The van der Waals surface area contributed by atoms with Crippen LogP contribution in [0, 0.1) is 5.82 Å². The molecule has 6 heteroatoms. The molecule has 5 nitrogen and oxygen atoms in total. The van der Waals surface area contributed by atoms with Crippen molar-refractivity contribution in [3.8, 4) is 0 Å². The molecule has 1 aromatic heterocycles. The van der Waals surface area contributed by atoms with E-state index in [4.69, 9.17) is 0 Å². The number of piperazine rings is 1. The molecule has 2 fully saturated rings. The van der Waals surface area contributed by atoms with Crippen molar-refractivity contribution in [2.24, 2.45) is 0 Å². The minimum atomic E-state index is -0.171. The Kier molecular flexibility index (Phi) is 4.40. The Hall–Kier alpha value is -2.05.